The minimum absolute atomic E-state index is 0.122. The van der Waals surface area contributed by atoms with Gasteiger partial charge < -0.3 is 15.2 Å². The summed E-state index contributed by atoms with van der Waals surface area (Å²) in [5, 5.41) is 13.3. The fourth-order valence-electron chi connectivity index (χ4n) is 1.57. The molecule has 2 aromatic rings. The lowest BCUT2D eigenvalue weighted by Gasteiger charge is -2.09. The zero-order chi connectivity index (χ0) is 13.8. The molecule has 1 aromatic heterocycles. The molecule has 100 valence electrons. The van der Waals surface area contributed by atoms with Crippen LogP contribution in [0.4, 0.5) is 5.69 Å². The molecule has 19 heavy (non-hydrogen) atoms. The van der Waals surface area contributed by atoms with E-state index in [4.69, 9.17) is 16.3 Å². The third-order valence-corrected chi connectivity index (χ3v) is 3.67. The lowest BCUT2D eigenvalue weighted by Crippen LogP contribution is -2.00. The zero-order valence-electron chi connectivity index (χ0n) is 10.2. The van der Waals surface area contributed by atoms with Crippen LogP contribution in [0, 0.1) is 0 Å². The molecular formula is C13H12BrClN2O2. The SMILES string of the molecule is COc1ccc(CNc2cnc(Cl)c(Br)c2)cc1O. The number of phenols is 1. The van der Waals surface area contributed by atoms with Gasteiger partial charge in [0, 0.05) is 6.54 Å². The first-order chi connectivity index (χ1) is 9.10. The summed E-state index contributed by atoms with van der Waals surface area (Å²) in [7, 11) is 1.52. The number of hydrogen-bond donors (Lipinski definition) is 2. The molecule has 0 aliphatic rings. The van der Waals surface area contributed by atoms with Crippen molar-refractivity contribution in [1.29, 1.82) is 0 Å². The number of pyridine rings is 1. The second-order valence-corrected chi connectivity index (χ2v) is 5.07. The van der Waals surface area contributed by atoms with Crippen molar-refractivity contribution in [2.75, 3.05) is 12.4 Å². The normalized spacial score (nSPS) is 10.3. The van der Waals surface area contributed by atoms with Crippen LogP contribution >= 0.6 is 27.5 Å². The van der Waals surface area contributed by atoms with E-state index in [1.54, 1.807) is 18.3 Å². The van der Waals surface area contributed by atoms with E-state index in [9.17, 15) is 5.11 Å². The highest BCUT2D eigenvalue weighted by Crippen LogP contribution is 2.27. The van der Waals surface area contributed by atoms with Crippen LogP contribution in [0.1, 0.15) is 5.56 Å². The molecule has 0 saturated heterocycles. The van der Waals surface area contributed by atoms with Crippen LogP contribution in [-0.4, -0.2) is 17.2 Å². The van der Waals surface area contributed by atoms with Crippen molar-refractivity contribution in [2.24, 2.45) is 0 Å². The topological polar surface area (TPSA) is 54.4 Å². The minimum atomic E-state index is 0.122. The van der Waals surface area contributed by atoms with E-state index >= 15 is 0 Å². The van der Waals surface area contributed by atoms with E-state index in [-0.39, 0.29) is 5.75 Å². The van der Waals surface area contributed by atoms with Gasteiger partial charge in [0.2, 0.25) is 0 Å². The summed E-state index contributed by atoms with van der Waals surface area (Å²) < 4.78 is 5.72. The third kappa shape index (κ3) is 3.52. The van der Waals surface area contributed by atoms with E-state index in [0.717, 1.165) is 15.7 Å². The van der Waals surface area contributed by atoms with Crippen molar-refractivity contribution in [3.8, 4) is 11.5 Å². The second kappa shape index (κ2) is 6.12. The number of aromatic nitrogens is 1. The zero-order valence-corrected chi connectivity index (χ0v) is 12.5. The van der Waals surface area contributed by atoms with Crippen molar-refractivity contribution < 1.29 is 9.84 Å². The standard InChI is InChI=1S/C13H12BrClN2O2/c1-19-12-3-2-8(4-11(12)18)6-16-9-5-10(14)13(15)17-7-9/h2-5,7,16,18H,6H2,1H3. The molecule has 0 aliphatic carbocycles. The number of benzene rings is 1. The summed E-state index contributed by atoms with van der Waals surface area (Å²) in [4.78, 5) is 4.02. The van der Waals surface area contributed by atoms with Crippen molar-refractivity contribution in [1.82, 2.24) is 4.98 Å². The number of phenolic OH excluding ortho intramolecular Hbond substituents is 1. The smallest absolute Gasteiger partial charge is 0.160 e. The van der Waals surface area contributed by atoms with Crippen molar-refractivity contribution in [3.63, 3.8) is 0 Å². The first-order valence-electron chi connectivity index (χ1n) is 5.51. The van der Waals surface area contributed by atoms with Gasteiger partial charge in [-0.05, 0) is 39.7 Å². The van der Waals surface area contributed by atoms with Crippen molar-refractivity contribution in [3.05, 3.63) is 45.7 Å². The maximum atomic E-state index is 9.68. The molecule has 0 bridgehead atoms. The average Bonchev–Trinajstić information content (AvgIpc) is 2.40. The van der Waals surface area contributed by atoms with Crippen LogP contribution < -0.4 is 10.1 Å². The molecule has 0 saturated carbocycles. The Morgan fingerprint density at radius 3 is 2.84 bits per heavy atom. The van der Waals surface area contributed by atoms with Crippen LogP contribution in [0.5, 0.6) is 11.5 Å². The lowest BCUT2D eigenvalue weighted by atomic mass is 10.2. The van der Waals surface area contributed by atoms with Gasteiger partial charge in [0.15, 0.2) is 11.5 Å². The first-order valence-corrected chi connectivity index (χ1v) is 6.68. The van der Waals surface area contributed by atoms with Crippen molar-refractivity contribution >= 4 is 33.2 Å². The molecule has 6 heteroatoms. The molecule has 4 nitrogen and oxygen atoms in total. The molecule has 0 spiro atoms. The number of ether oxygens (including phenoxy) is 1. The monoisotopic (exact) mass is 342 g/mol. The Balaban J connectivity index is 2.05. The summed E-state index contributed by atoms with van der Waals surface area (Å²) in [5.41, 5.74) is 1.77. The Morgan fingerprint density at radius 2 is 2.21 bits per heavy atom. The largest absolute Gasteiger partial charge is 0.504 e. The number of rotatable bonds is 4. The van der Waals surface area contributed by atoms with Gasteiger partial charge in [-0.15, -0.1) is 0 Å². The fraction of sp³-hybridized carbons (Fsp3) is 0.154. The van der Waals surface area contributed by atoms with Crippen LogP contribution in [0.15, 0.2) is 34.9 Å². The van der Waals surface area contributed by atoms with Crippen LogP contribution in [0.2, 0.25) is 5.15 Å². The molecule has 0 unspecified atom stereocenters. The Kier molecular flexibility index (Phi) is 4.50. The van der Waals surface area contributed by atoms with Crippen LogP contribution in [0.25, 0.3) is 0 Å². The number of nitrogens with zero attached hydrogens (tertiary/aromatic N) is 1. The Morgan fingerprint density at radius 1 is 1.42 bits per heavy atom. The molecule has 1 aromatic carbocycles. The summed E-state index contributed by atoms with van der Waals surface area (Å²) in [6.07, 6.45) is 1.65. The maximum absolute atomic E-state index is 9.68. The Bertz CT molecular complexity index is 593. The molecule has 0 radical (unpaired) electrons. The quantitative estimate of drug-likeness (QED) is 0.829. The van der Waals surface area contributed by atoms with Gasteiger partial charge in [0.1, 0.15) is 5.15 Å². The van der Waals surface area contributed by atoms with Crippen LogP contribution in [-0.2, 0) is 6.54 Å². The predicted molar refractivity (Wildman–Crippen MR) is 78.9 cm³/mol. The maximum Gasteiger partial charge on any atom is 0.160 e. The summed E-state index contributed by atoms with van der Waals surface area (Å²) in [5.74, 6) is 0.580. The van der Waals surface area contributed by atoms with Gasteiger partial charge >= 0.3 is 0 Å². The molecule has 1 heterocycles. The summed E-state index contributed by atoms with van der Waals surface area (Å²) >= 11 is 9.13. The van der Waals surface area contributed by atoms with Gasteiger partial charge in [-0.2, -0.15) is 0 Å². The molecule has 0 atom stereocenters. The number of nitrogens with one attached hydrogen (secondary N) is 1. The molecular weight excluding hydrogens is 332 g/mol. The molecule has 2 rings (SSSR count). The molecule has 0 fully saturated rings. The van der Waals surface area contributed by atoms with E-state index in [1.165, 1.54) is 7.11 Å². The summed E-state index contributed by atoms with van der Waals surface area (Å²) in [6, 6.07) is 7.11. The van der Waals surface area contributed by atoms with Gasteiger partial charge in [-0.25, -0.2) is 4.98 Å². The predicted octanol–water partition coefficient (Wildman–Crippen LogP) is 3.82. The van der Waals surface area contributed by atoms with Crippen LogP contribution in [0.3, 0.4) is 0 Å². The lowest BCUT2D eigenvalue weighted by molar-refractivity contribution is 0.373. The van der Waals surface area contributed by atoms with E-state index in [1.807, 2.05) is 12.1 Å². The molecule has 2 N–H and O–H groups in total. The van der Waals surface area contributed by atoms with E-state index in [0.29, 0.717) is 17.4 Å². The number of methoxy groups -OCH3 is 1. The summed E-state index contributed by atoms with van der Waals surface area (Å²) in [6.45, 7) is 0.563. The highest BCUT2D eigenvalue weighted by atomic mass is 79.9. The third-order valence-electron chi connectivity index (χ3n) is 2.54. The molecule has 0 amide bonds. The first kappa shape index (κ1) is 14.0. The number of anilines is 1. The highest BCUT2D eigenvalue weighted by molar-refractivity contribution is 9.10. The van der Waals surface area contributed by atoms with Gasteiger partial charge in [-0.3, -0.25) is 0 Å². The second-order valence-electron chi connectivity index (χ2n) is 3.86. The van der Waals surface area contributed by atoms with Gasteiger partial charge in [0.25, 0.3) is 0 Å². The average molecular weight is 344 g/mol. The number of aromatic hydroxyl groups is 1. The Hall–Kier alpha value is -1.46. The number of hydrogen-bond acceptors (Lipinski definition) is 4. The fourth-order valence-corrected chi connectivity index (χ4v) is 2.02. The number of halogens is 2. The minimum Gasteiger partial charge on any atom is -0.504 e. The van der Waals surface area contributed by atoms with Crippen molar-refractivity contribution in [2.45, 2.75) is 6.54 Å². The van der Waals surface area contributed by atoms with Gasteiger partial charge in [-0.1, -0.05) is 17.7 Å². The Labute approximate surface area is 124 Å². The van der Waals surface area contributed by atoms with E-state index in [2.05, 4.69) is 26.2 Å². The van der Waals surface area contributed by atoms with Gasteiger partial charge in [0.05, 0.1) is 23.5 Å². The van der Waals surface area contributed by atoms with E-state index < -0.39 is 0 Å². The molecule has 0 aliphatic heterocycles. The highest BCUT2D eigenvalue weighted by Gasteiger charge is 2.04.